The van der Waals surface area contributed by atoms with Gasteiger partial charge < -0.3 is 4.42 Å². The van der Waals surface area contributed by atoms with Gasteiger partial charge in [-0.2, -0.15) is 0 Å². The summed E-state index contributed by atoms with van der Waals surface area (Å²) >= 11 is 1.54. The Morgan fingerprint density at radius 1 is 1.53 bits per heavy atom. The average Bonchev–Trinajstić information content (AvgIpc) is 2.85. The van der Waals surface area contributed by atoms with Gasteiger partial charge >= 0.3 is 0 Å². The number of nitrogens with two attached hydrogens (primary N) is 1. The number of carbonyl (C=O) groups is 1. The largest absolute Gasteiger partial charge is 0.468 e. The van der Waals surface area contributed by atoms with Crippen LogP contribution < -0.4 is 11.3 Å². The van der Waals surface area contributed by atoms with Gasteiger partial charge in [-0.05, 0) is 18.2 Å². The topological polar surface area (TPSA) is 81.1 Å². The molecule has 0 saturated carbocycles. The number of amides is 1. The van der Waals surface area contributed by atoms with Gasteiger partial charge in [-0.25, -0.2) is 10.8 Å². The molecule has 0 aromatic carbocycles. The second-order valence-electron chi connectivity index (χ2n) is 3.23. The number of carbonyl (C=O) groups excluding carboxylic acids is 1. The second kappa shape index (κ2) is 5.51. The van der Waals surface area contributed by atoms with E-state index in [1.165, 1.54) is 18.0 Å². The smallest absolute Gasteiger partial charge is 0.268 e. The van der Waals surface area contributed by atoms with Gasteiger partial charge in [0.15, 0.2) is 0 Å². The van der Waals surface area contributed by atoms with E-state index in [1.54, 1.807) is 12.3 Å². The summed E-state index contributed by atoms with van der Waals surface area (Å²) in [6.45, 7) is 0. The van der Waals surface area contributed by atoms with Gasteiger partial charge in [0.05, 0.1) is 16.3 Å². The van der Waals surface area contributed by atoms with Crippen molar-refractivity contribution < 1.29 is 9.21 Å². The monoisotopic (exact) mass is 249 g/mol. The normalized spacial score (nSPS) is 10.2. The van der Waals surface area contributed by atoms with Crippen molar-refractivity contribution in [1.29, 1.82) is 0 Å². The lowest BCUT2D eigenvalue weighted by molar-refractivity contribution is 0.0953. The minimum Gasteiger partial charge on any atom is -0.468 e. The van der Waals surface area contributed by atoms with Crippen molar-refractivity contribution in [3.05, 3.63) is 48.0 Å². The van der Waals surface area contributed by atoms with Gasteiger partial charge in [-0.1, -0.05) is 17.8 Å². The van der Waals surface area contributed by atoms with E-state index in [9.17, 15) is 4.79 Å². The number of hydrogen-bond acceptors (Lipinski definition) is 5. The van der Waals surface area contributed by atoms with Crippen LogP contribution in [0.2, 0.25) is 0 Å². The summed E-state index contributed by atoms with van der Waals surface area (Å²) in [6.07, 6.45) is 3.12. The summed E-state index contributed by atoms with van der Waals surface area (Å²) in [6, 6.07) is 7.37. The number of nitrogens with one attached hydrogen (secondary N) is 1. The van der Waals surface area contributed by atoms with Crippen molar-refractivity contribution in [3.8, 4) is 0 Å². The molecule has 17 heavy (non-hydrogen) atoms. The fourth-order valence-electron chi connectivity index (χ4n) is 1.24. The van der Waals surface area contributed by atoms with Crippen LogP contribution in [0.1, 0.15) is 16.1 Å². The maximum Gasteiger partial charge on any atom is 0.268 e. The van der Waals surface area contributed by atoms with Crippen LogP contribution in [0.3, 0.4) is 0 Å². The number of rotatable bonds is 4. The van der Waals surface area contributed by atoms with Crippen molar-refractivity contribution in [1.82, 2.24) is 10.4 Å². The SMILES string of the molecule is NNC(=O)c1coc(CSc2ccccn2)c1. The standard InChI is InChI=1S/C11H11N3O2S/c12-14-11(15)8-5-9(16-6-8)7-17-10-3-1-2-4-13-10/h1-6H,7,12H2,(H,14,15). The molecule has 0 saturated heterocycles. The van der Waals surface area contributed by atoms with E-state index in [0.29, 0.717) is 17.1 Å². The van der Waals surface area contributed by atoms with Crippen LogP contribution in [-0.2, 0) is 5.75 Å². The molecular weight excluding hydrogens is 238 g/mol. The number of hydrogen-bond donors (Lipinski definition) is 2. The van der Waals surface area contributed by atoms with Crippen molar-refractivity contribution in [2.24, 2.45) is 5.84 Å². The van der Waals surface area contributed by atoms with E-state index in [1.807, 2.05) is 18.2 Å². The van der Waals surface area contributed by atoms with Gasteiger partial charge in [0.2, 0.25) is 0 Å². The van der Waals surface area contributed by atoms with Crippen molar-refractivity contribution >= 4 is 17.7 Å². The molecule has 2 aromatic rings. The molecule has 2 rings (SSSR count). The van der Waals surface area contributed by atoms with Crippen LogP contribution in [0.4, 0.5) is 0 Å². The van der Waals surface area contributed by atoms with Crippen molar-refractivity contribution in [3.63, 3.8) is 0 Å². The molecule has 3 N–H and O–H groups in total. The van der Waals surface area contributed by atoms with Crippen LogP contribution >= 0.6 is 11.8 Å². The Kier molecular flexibility index (Phi) is 3.79. The molecule has 0 atom stereocenters. The summed E-state index contributed by atoms with van der Waals surface area (Å²) < 4.78 is 5.24. The third-order valence-electron chi connectivity index (χ3n) is 2.05. The molecule has 0 bridgehead atoms. The highest BCUT2D eigenvalue weighted by Gasteiger charge is 2.08. The molecule has 2 heterocycles. The predicted octanol–water partition coefficient (Wildman–Crippen LogP) is 1.57. The van der Waals surface area contributed by atoms with Gasteiger partial charge in [-0.3, -0.25) is 10.2 Å². The number of furan rings is 1. The molecule has 0 fully saturated rings. The van der Waals surface area contributed by atoms with E-state index in [0.717, 1.165) is 5.03 Å². The molecule has 0 unspecified atom stereocenters. The number of pyridine rings is 1. The fraction of sp³-hybridized carbons (Fsp3) is 0.0909. The van der Waals surface area contributed by atoms with Crippen LogP contribution in [0.15, 0.2) is 46.2 Å². The summed E-state index contributed by atoms with van der Waals surface area (Å²) in [7, 11) is 0. The number of thioether (sulfide) groups is 1. The quantitative estimate of drug-likeness (QED) is 0.372. The third-order valence-corrected chi connectivity index (χ3v) is 3.01. The maximum absolute atomic E-state index is 11.2. The van der Waals surface area contributed by atoms with Crippen molar-refractivity contribution in [2.75, 3.05) is 0 Å². The fourth-order valence-corrected chi connectivity index (χ4v) is 1.99. The highest BCUT2D eigenvalue weighted by molar-refractivity contribution is 7.98. The minimum atomic E-state index is -0.358. The molecule has 0 spiro atoms. The first kappa shape index (κ1) is 11.7. The molecule has 5 nitrogen and oxygen atoms in total. The lowest BCUT2D eigenvalue weighted by Crippen LogP contribution is -2.29. The molecule has 0 aliphatic carbocycles. The molecular formula is C11H11N3O2S. The maximum atomic E-state index is 11.2. The highest BCUT2D eigenvalue weighted by Crippen LogP contribution is 2.21. The van der Waals surface area contributed by atoms with E-state index in [4.69, 9.17) is 10.3 Å². The van der Waals surface area contributed by atoms with Crippen LogP contribution in [0, 0.1) is 0 Å². The molecule has 0 aliphatic heterocycles. The Hall–Kier alpha value is -1.79. The Morgan fingerprint density at radius 3 is 3.12 bits per heavy atom. The van der Waals surface area contributed by atoms with Crippen LogP contribution in [-0.4, -0.2) is 10.9 Å². The molecule has 6 heteroatoms. The zero-order valence-electron chi connectivity index (χ0n) is 8.92. The molecule has 0 radical (unpaired) electrons. The predicted molar refractivity (Wildman–Crippen MR) is 64.2 cm³/mol. The minimum absolute atomic E-state index is 0.358. The van der Waals surface area contributed by atoms with Crippen molar-refractivity contribution in [2.45, 2.75) is 10.8 Å². The Morgan fingerprint density at radius 2 is 2.41 bits per heavy atom. The first-order valence-corrected chi connectivity index (χ1v) is 5.90. The lowest BCUT2D eigenvalue weighted by atomic mass is 10.3. The average molecular weight is 249 g/mol. The van der Waals surface area contributed by atoms with Gasteiger partial charge in [-0.15, -0.1) is 0 Å². The van der Waals surface area contributed by atoms with Gasteiger partial charge in [0.1, 0.15) is 12.0 Å². The first-order chi connectivity index (χ1) is 8.29. The number of aromatic nitrogens is 1. The summed E-state index contributed by atoms with van der Waals surface area (Å²) in [4.78, 5) is 15.4. The van der Waals surface area contributed by atoms with Gasteiger partial charge in [0, 0.05) is 6.20 Å². The van der Waals surface area contributed by atoms with Crippen LogP contribution in [0.25, 0.3) is 0 Å². The zero-order valence-corrected chi connectivity index (χ0v) is 9.74. The molecule has 1 amide bonds. The lowest BCUT2D eigenvalue weighted by Gasteiger charge is -1.96. The highest BCUT2D eigenvalue weighted by atomic mass is 32.2. The molecule has 2 aromatic heterocycles. The molecule has 88 valence electrons. The van der Waals surface area contributed by atoms with E-state index in [-0.39, 0.29) is 5.91 Å². The van der Waals surface area contributed by atoms with E-state index >= 15 is 0 Å². The summed E-state index contributed by atoms with van der Waals surface area (Å²) in [5.41, 5.74) is 2.47. The first-order valence-electron chi connectivity index (χ1n) is 4.92. The summed E-state index contributed by atoms with van der Waals surface area (Å²) in [5.74, 6) is 5.99. The second-order valence-corrected chi connectivity index (χ2v) is 4.23. The number of hydrazine groups is 1. The zero-order chi connectivity index (χ0) is 12.1. The Balaban J connectivity index is 1.96. The summed E-state index contributed by atoms with van der Waals surface area (Å²) in [5, 5.41) is 0.911. The molecule has 0 aliphatic rings. The third kappa shape index (κ3) is 3.08. The Bertz CT molecular complexity index is 498. The Labute approximate surface area is 102 Å². The van der Waals surface area contributed by atoms with E-state index < -0.39 is 0 Å². The number of nitrogens with zero attached hydrogens (tertiary/aromatic N) is 1. The van der Waals surface area contributed by atoms with Gasteiger partial charge in [0.25, 0.3) is 5.91 Å². The van der Waals surface area contributed by atoms with E-state index in [2.05, 4.69) is 10.4 Å². The number of nitrogen functional groups attached to an aromatic ring is 1. The van der Waals surface area contributed by atoms with Crippen LogP contribution in [0.5, 0.6) is 0 Å².